The summed E-state index contributed by atoms with van der Waals surface area (Å²) in [4.78, 5) is 26.0. The minimum atomic E-state index is -0.195. The molecule has 2 amide bonds. The SMILES string of the molecule is CC(C)C1(CN2C(=O)c3ccc(N)cc3C2=O)CC1. The number of amides is 2. The zero-order valence-corrected chi connectivity index (χ0v) is 11.3. The van der Waals surface area contributed by atoms with E-state index in [1.165, 1.54) is 4.90 Å². The molecule has 3 rings (SSSR count). The first-order chi connectivity index (χ1) is 8.94. The summed E-state index contributed by atoms with van der Waals surface area (Å²) in [5.41, 5.74) is 7.28. The molecule has 0 unspecified atom stereocenters. The van der Waals surface area contributed by atoms with Crippen LogP contribution >= 0.6 is 0 Å². The van der Waals surface area contributed by atoms with Crippen LogP contribution in [0.25, 0.3) is 0 Å². The van der Waals surface area contributed by atoms with Gasteiger partial charge in [-0.3, -0.25) is 14.5 Å². The molecule has 1 heterocycles. The highest BCUT2D eigenvalue weighted by atomic mass is 16.2. The van der Waals surface area contributed by atoms with Crippen molar-refractivity contribution in [2.75, 3.05) is 12.3 Å². The number of fused-ring (bicyclic) bond motifs is 1. The largest absolute Gasteiger partial charge is 0.399 e. The second-order valence-corrected chi connectivity index (χ2v) is 6.02. The van der Waals surface area contributed by atoms with E-state index in [1.54, 1.807) is 18.2 Å². The van der Waals surface area contributed by atoms with Gasteiger partial charge in [0.1, 0.15) is 0 Å². The molecule has 1 aliphatic carbocycles. The number of hydrogen-bond acceptors (Lipinski definition) is 3. The summed E-state index contributed by atoms with van der Waals surface area (Å²) < 4.78 is 0. The molecule has 1 aromatic rings. The number of nitrogen functional groups attached to an aromatic ring is 1. The smallest absolute Gasteiger partial charge is 0.261 e. The van der Waals surface area contributed by atoms with Gasteiger partial charge in [-0.15, -0.1) is 0 Å². The minimum Gasteiger partial charge on any atom is -0.399 e. The molecule has 1 aliphatic heterocycles. The zero-order chi connectivity index (χ0) is 13.8. The fraction of sp³-hybridized carbons (Fsp3) is 0.467. The van der Waals surface area contributed by atoms with Crippen LogP contribution in [0.5, 0.6) is 0 Å². The maximum Gasteiger partial charge on any atom is 0.261 e. The van der Waals surface area contributed by atoms with Gasteiger partial charge in [0.25, 0.3) is 11.8 Å². The Morgan fingerprint density at radius 2 is 1.84 bits per heavy atom. The predicted molar refractivity (Wildman–Crippen MR) is 72.7 cm³/mol. The molecule has 0 bridgehead atoms. The lowest BCUT2D eigenvalue weighted by Crippen LogP contribution is -2.37. The minimum absolute atomic E-state index is 0.138. The molecule has 4 heteroatoms. The van der Waals surface area contributed by atoms with Gasteiger partial charge in [-0.05, 0) is 42.4 Å². The molecule has 19 heavy (non-hydrogen) atoms. The van der Waals surface area contributed by atoms with E-state index >= 15 is 0 Å². The van der Waals surface area contributed by atoms with Crippen molar-refractivity contribution in [2.24, 2.45) is 11.3 Å². The number of nitrogens with zero attached hydrogens (tertiary/aromatic N) is 1. The average Bonchev–Trinajstić information content (AvgIpc) is 3.11. The third-order valence-electron chi connectivity index (χ3n) is 4.58. The Hall–Kier alpha value is -1.84. The van der Waals surface area contributed by atoms with E-state index in [4.69, 9.17) is 5.73 Å². The highest BCUT2D eigenvalue weighted by Crippen LogP contribution is 2.53. The molecule has 2 aliphatic rings. The van der Waals surface area contributed by atoms with Gasteiger partial charge in [-0.25, -0.2) is 0 Å². The van der Waals surface area contributed by atoms with Crippen molar-refractivity contribution >= 4 is 17.5 Å². The maximum absolute atomic E-state index is 12.3. The van der Waals surface area contributed by atoms with Crippen molar-refractivity contribution in [3.8, 4) is 0 Å². The number of carbonyl (C=O) groups is 2. The van der Waals surface area contributed by atoms with E-state index in [0.717, 1.165) is 12.8 Å². The van der Waals surface area contributed by atoms with Gasteiger partial charge in [-0.1, -0.05) is 13.8 Å². The summed E-state index contributed by atoms with van der Waals surface area (Å²) in [6, 6.07) is 4.92. The summed E-state index contributed by atoms with van der Waals surface area (Å²) in [5.74, 6) is 0.119. The second-order valence-electron chi connectivity index (χ2n) is 6.02. The van der Waals surface area contributed by atoms with Crippen molar-refractivity contribution < 1.29 is 9.59 Å². The van der Waals surface area contributed by atoms with Crippen LogP contribution in [-0.4, -0.2) is 23.3 Å². The average molecular weight is 258 g/mol. The van der Waals surface area contributed by atoms with Crippen molar-refractivity contribution in [3.63, 3.8) is 0 Å². The van der Waals surface area contributed by atoms with Crippen LogP contribution in [0.4, 0.5) is 5.69 Å². The van der Waals surface area contributed by atoms with E-state index in [2.05, 4.69) is 13.8 Å². The van der Waals surface area contributed by atoms with E-state index in [0.29, 0.717) is 29.3 Å². The predicted octanol–water partition coefficient (Wildman–Crippen LogP) is 2.30. The summed E-state index contributed by atoms with van der Waals surface area (Å²) >= 11 is 0. The fourth-order valence-electron chi connectivity index (χ4n) is 2.85. The van der Waals surface area contributed by atoms with Crippen LogP contribution in [0, 0.1) is 11.3 Å². The molecule has 100 valence electrons. The molecule has 1 fully saturated rings. The molecule has 2 N–H and O–H groups in total. The van der Waals surface area contributed by atoms with Crippen molar-refractivity contribution in [2.45, 2.75) is 26.7 Å². The highest BCUT2D eigenvalue weighted by molar-refractivity contribution is 6.21. The van der Waals surface area contributed by atoms with Crippen LogP contribution in [0.3, 0.4) is 0 Å². The first kappa shape index (κ1) is 12.2. The summed E-state index contributed by atoms with van der Waals surface area (Å²) in [5, 5.41) is 0. The Balaban J connectivity index is 1.91. The van der Waals surface area contributed by atoms with Gasteiger partial charge >= 0.3 is 0 Å². The molecule has 1 aromatic carbocycles. The summed E-state index contributed by atoms with van der Waals surface area (Å²) in [7, 11) is 0. The lowest BCUT2D eigenvalue weighted by Gasteiger charge is -2.25. The van der Waals surface area contributed by atoms with Crippen molar-refractivity contribution in [3.05, 3.63) is 29.3 Å². The Kier molecular flexibility index (Phi) is 2.46. The van der Waals surface area contributed by atoms with E-state index < -0.39 is 0 Å². The zero-order valence-electron chi connectivity index (χ0n) is 11.3. The molecule has 0 atom stereocenters. The number of rotatable bonds is 3. The first-order valence-corrected chi connectivity index (χ1v) is 6.70. The Bertz CT molecular complexity index is 574. The Morgan fingerprint density at radius 3 is 2.42 bits per heavy atom. The molecule has 1 saturated carbocycles. The number of anilines is 1. The third kappa shape index (κ3) is 1.74. The fourth-order valence-corrected chi connectivity index (χ4v) is 2.85. The van der Waals surface area contributed by atoms with Gasteiger partial charge in [0.2, 0.25) is 0 Å². The lowest BCUT2D eigenvalue weighted by atomic mass is 9.92. The van der Waals surface area contributed by atoms with Crippen LogP contribution in [0.2, 0.25) is 0 Å². The lowest BCUT2D eigenvalue weighted by molar-refractivity contribution is 0.0602. The number of imide groups is 1. The standard InChI is InChI=1S/C15H18N2O2/c1-9(2)15(5-6-15)8-17-13(18)11-4-3-10(16)7-12(11)14(17)19/h3-4,7,9H,5-6,8,16H2,1-2H3. The topological polar surface area (TPSA) is 63.4 Å². The summed E-state index contributed by atoms with van der Waals surface area (Å²) in [6.07, 6.45) is 2.19. The van der Waals surface area contributed by atoms with Crippen molar-refractivity contribution in [1.29, 1.82) is 0 Å². The number of carbonyl (C=O) groups excluding carboxylic acids is 2. The number of benzene rings is 1. The van der Waals surface area contributed by atoms with Gasteiger partial charge in [0.15, 0.2) is 0 Å². The van der Waals surface area contributed by atoms with Crippen LogP contribution in [-0.2, 0) is 0 Å². The van der Waals surface area contributed by atoms with Crippen LogP contribution in [0.15, 0.2) is 18.2 Å². The van der Waals surface area contributed by atoms with Crippen LogP contribution in [0.1, 0.15) is 47.4 Å². The number of nitrogens with two attached hydrogens (primary N) is 1. The maximum atomic E-state index is 12.3. The monoisotopic (exact) mass is 258 g/mol. The first-order valence-electron chi connectivity index (χ1n) is 6.70. The molecular weight excluding hydrogens is 240 g/mol. The molecule has 4 nitrogen and oxygen atoms in total. The van der Waals surface area contributed by atoms with E-state index in [9.17, 15) is 9.59 Å². The van der Waals surface area contributed by atoms with E-state index in [1.807, 2.05) is 0 Å². The summed E-state index contributed by atoms with van der Waals surface area (Å²) in [6.45, 7) is 4.85. The molecule has 0 saturated heterocycles. The number of hydrogen-bond donors (Lipinski definition) is 1. The van der Waals surface area contributed by atoms with E-state index in [-0.39, 0.29) is 17.2 Å². The normalized spacial score (nSPS) is 20.1. The van der Waals surface area contributed by atoms with Gasteiger partial charge in [0.05, 0.1) is 11.1 Å². The van der Waals surface area contributed by atoms with Gasteiger partial charge in [-0.2, -0.15) is 0 Å². The quantitative estimate of drug-likeness (QED) is 0.668. The third-order valence-corrected chi connectivity index (χ3v) is 4.58. The second kappa shape index (κ2) is 3.83. The van der Waals surface area contributed by atoms with Crippen LogP contribution < -0.4 is 5.73 Å². The molecular formula is C15H18N2O2. The van der Waals surface area contributed by atoms with Gasteiger partial charge in [0, 0.05) is 12.2 Å². The highest BCUT2D eigenvalue weighted by Gasteiger charge is 2.50. The molecule has 0 radical (unpaired) electrons. The Labute approximate surface area is 112 Å². The Morgan fingerprint density at radius 1 is 1.21 bits per heavy atom. The molecule has 0 aromatic heterocycles. The van der Waals surface area contributed by atoms with Crippen molar-refractivity contribution in [1.82, 2.24) is 4.90 Å². The van der Waals surface area contributed by atoms with Gasteiger partial charge < -0.3 is 5.73 Å². The molecule has 0 spiro atoms.